The molecule has 1 heterocycles. The molecule has 0 atom stereocenters. The Kier molecular flexibility index (Phi) is 3.55. The molecule has 2 rings (SSSR count). The number of rotatable bonds is 2. The number of aromatic hydroxyl groups is 1. The van der Waals surface area contributed by atoms with Gasteiger partial charge in [0.15, 0.2) is 0 Å². The first-order valence-corrected chi connectivity index (χ1v) is 5.42. The summed E-state index contributed by atoms with van der Waals surface area (Å²) in [4.78, 5) is 0. The summed E-state index contributed by atoms with van der Waals surface area (Å²) in [6.45, 7) is -3.10. The van der Waals surface area contributed by atoms with Crippen molar-refractivity contribution >= 4 is 0 Å². The van der Waals surface area contributed by atoms with E-state index in [2.05, 4.69) is 5.10 Å². The second-order valence-electron chi connectivity index (χ2n) is 3.97. The van der Waals surface area contributed by atoms with Gasteiger partial charge in [0.05, 0.1) is 22.9 Å². The van der Waals surface area contributed by atoms with Crippen LogP contribution in [0, 0.1) is 11.3 Å². The lowest BCUT2D eigenvalue weighted by molar-refractivity contribution is -0.138. The van der Waals surface area contributed by atoms with Crippen molar-refractivity contribution < 1.29 is 27.1 Å². The van der Waals surface area contributed by atoms with Crippen LogP contribution in [0.1, 0.15) is 17.7 Å². The van der Waals surface area contributed by atoms with Gasteiger partial charge in [-0.2, -0.15) is 32.3 Å². The van der Waals surface area contributed by atoms with Crippen molar-refractivity contribution in [3.05, 3.63) is 35.5 Å². The molecule has 0 saturated heterocycles. The third-order valence-corrected chi connectivity index (χ3v) is 2.68. The summed E-state index contributed by atoms with van der Waals surface area (Å²) >= 11 is 0. The third kappa shape index (κ3) is 2.65. The largest absolute Gasteiger partial charge is 0.507 e. The average molecular weight is 303 g/mol. The first-order chi connectivity index (χ1) is 9.75. The van der Waals surface area contributed by atoms with Crippen molar-refractivity contribution in [3.63, 3.8) is 0 Å². The Morgan fingerprint density at radius 2 is 1.95 bits per heavy atom. The molecule has 0 bridgehead atoms. The van der Waals surface area contributed by atoms with E-state index in [4.69, 9.17) is 5.26 Å². The molecule has 0 aliphatic heterocycles. The van der Waals surface area contributed by atoms with Gasteiger partial charge in [-0.1, -0.05) is 0 Å². The predicted molar refractivity (Wildman–Crippen MR) is 60.3 cm³/mol. The van der Waals surface area contributed by atoms with E-state index in [-0.39, 0.29) is 4.68 Å². The molecule has 0 aliphatic rings. The number of aromatic nitrogens is 2. The standard InChI is InChI=1S/C12H6F5N3O/c13-11(14)20-9(1-2-19-20)7-3-6(5-18)4-8(10(7)21)12(15,16)17/h1-4,11,21H. The number of phenolic OH excluding ortho intramolecular Hbond substituents is 1. The number of nitriles is 1. The Morgan fingerprint density at radius 3 is 2.48 bits per heavy atom. The number of hydrogen-bond donors (Lipinski definition) is 1. The fourth-order valence-electron chi connectivity index (χ4n) is 1.79. The molecule has 4 nitrogen and oxygen atoms in total. The minimum atomic E-state index is -4.93. The molecule has 0 spiro atoms. The van der Waals surface area contributed by atoms with Gasteiger partial charge in [-0.25, -0.2) is 4.68 Å². The Morgan fingerprint density at radius 1 is 1.29 bits per heavy atom. The number of alkyl halides is 5. The molecule has 9 heteroatoms. The van der Waals surface area contributed by atoms with E-state index in [1.54, 1.807) is 0 Å². The van der Waals surface area contributed by atoms with Crippen LogP contribution in [-0.4, -0.2) is 14.9 Å². The van der Waals surface area contributed by atoms with Gasteiger partial charge in [-0.3, -0.25) is 0 Å². The zero-order chi connectivity index (χ0) is 15.8. The molecule has 0 fully saturated rings. The number of halogens is 5. The minimum absolute atomic E-state index is 0.149. The molecule has 1 N–H and O–H groups in total. The molecular weight excluding hydrogens is 297 g/mol. The van der Waals surface area contributed by atoms with Gasteiger partial charge >= 0.3 is 12.7 Å². The fraction of sp³-hybridized carbons (Fsp3) is 0.167. The van der Waals surface area contributed by atoms with Crippen LogP contribution in [0.15, 0.2) is 24.4 Å². The Hall–Kier alpha value is -2.63. The molecule has 1 aromatic carbocycles. The zero-order valence-electron chi connectivity index (χ0n) is 10.1. The van der Waals surface area contributed by atoms with Crippen LogP contribution in [0.3, 0.4) is 0 Å². The molecule has 110 valence electrons. The van der Waals surface area contributed by atoms with Crippen LogP contribution < -0.4 is 0 Å². The maximum Gasteiger partial charge on any atom is 0.420 e. The van der Waals surface area contributed by atoms with E-state index >= 15 is 0 Å². The highest BCUT2D eigenvalue weighted by Gasteiger charge is 2.36. The van der Waals surface area contributed by atoms with Crippen molar-refractivity contribution in [2.75, 3.05) is 0 Å². The average Bonchev–Trinajstić information content (AvgIpc) is 2.86. The van der Waals surface area contributed by atoms with Crippen molar-refractivity contribution in [3.8, 4) is 23.1 Å². The molecule has 0 aliphatic carbocycles. The SMILES string of the molecule is N#Cc1cc(-c2ccnn2C(F)F)c(O)c(C(F)(F)F)c1. The number of phenols is 1. The monoisotopic (exact) mass is 303 g/mol. The van der Waals surface area contributed by atoms with Crippen molar-refractivity contribution in [1.82, 2.24) is 9.78 Å². The molecule has 0 unspecified atom stereocenters. The molecule has 0 radical (unpaired) electrons. The van der Waals surface area contributed by atoms with E-state index in [1.165, 1.54) is 6.07 Å². The van der Waals surface area contributed by atoms with Crippen molar-refractivity contribution in [2.45, 2.75) is 12.7 Å². The lowest BCUT2D eigenvalue weighted by atomic mass is 10.0. The maximum atomic E-state index is 12.8. The number of hydrogen-bond acceptors (Lipinski definition) is 3. The fourth-order valence-corrected chi connectivity index (χ4v) is 1.79. The summed E-state index contributed by atoms with van der Waals surface area (Å²) in [5, 5.41) is 21.7. The Labute approximate surface area is 114 Å². The molecule has 21 heavy (non-hydrogen) atoms. The molecule has 2 aromatic rings. The van der Waals surface area contributed by atoms with Gasteiger partial charge in [0.1, 0.15) is 5.75 Å². The summed E-state index contributed by atoms with van der Waals surface area (Å²) in [6, 6.07) is 3.84. The molecule has 0 saturated carbocycles. The summed E-state index contributed by atoms with van der Waals surface area (Å²) in [5.41, 5.74) is -2.86. The topological polar surface area (TPSA) is 61.8 Å². The normalized spacial score (nSPS) is 11.7. The lowest BCUT2D eigenvalue weighted by Crippen LogP contribution is -2.08. The van der Waals surface area contributed by atoms with Gasteiger partial charge in [0.2, 0.25) is 0 Å². The first-order valence-electron chi connectivity index (χ1n) is 5.42. The van der Waals surface area contributed by atoms with E-state index < -0.39 is 40.9 Å². The van der Waals surface area contributed by atoms with E-state index in [0.29, 0.717) is 6.07 Å². The maximum absolute atomic E-state index is 12.8. The molecular formula is C12H6F5N3O. The second kappa shape index (κ2) is 5.05. The van der Waals surface area contributed by atoms with Crippen LogP contribution in [0.4, 0.5) is 22.0 Å². The highest BCUT2D eigenvalue weighted by atomic mass is 19.4. The Balaban J connectivity index is 2.75. The van der Waals surface area contributed by atoms with Crippen molar-refractivity contribution in [1.29, 1.82) is 5.26 Å². The van der Waals surface area contributed by atoms with Gasteiger partial charge in [-0.15, -0.1) is 0 Å². The van der Waals surface area contributed by atoms with E-state index in [1.807, 2.05) is 0 Å². The van der Waals surface area contributed by atoms with Gasteiger partial charge < -0.3 is 5.11 Å². The second-order valence-corrected chi connectivity index (χ2v) is 3.97. The molecule has 0 amide bonds. The van der Waals surface area contributed by atoms with Crippen molar-refractivity contribution in [2.24, 2.45) is 0 Å². The number of nitrogens with zero attached hydrogens (tertiary/aromatic N) is 3. The summed E-state index contributed by atoms with van der Waals surface area (Å²) in [7, 11) is 0. The van der Waals surface area contributed by atoms with Gasteiger partial charge in [0, 0.05) is 11.8 Å². The highest BCUT2D eigenvalue weighted by molar-refractivity contribution is 5.71. The highest BCUT2D eigenvalue weighted by Crippen LogP contribution is 2.42. The van der Waals surface area contributed by atoms with Gasteiger partial charge in [0.25, 0.3) is 0 Å². The third-order valence-electron chi connectivity index (χ3n) is 2.68. The summed E-state index contributed by atoms with van der Waals surface area (Å²) < 4.78 is 64.0. The van der Waals surface area contributed by atoms with E-state index in [0.717, 1.165) is 18.3 Å². The minimum Gasteiger partial charge on any atom is -0.507 e. The Bertz CT molecular complexity index is 715. The van der Waals surface area contributed by atoms with Crippen LogP contribution in [-0.2, 0) is 6.18 Å². The molecule has 1 aromatic heterocycles. The predicted octanol–water partition coefficient (Wildman–Crippen LogP) is 3.54. The first kappa shape index (κ1) is 14.8. The zero-order valence-corrected chi connectivity index (χ0v) is 10.1. The smallest absolute Gasteiger partial charge is 0.420 e. The number of benzene rings is 1. The van der Waals surface area contributed by atoms with Crippen LogP contribution in [0.25, 0.3) is 11.3 Å². The van der Waals surface area contributed by atoms with Gasteiger partial charge in [-0.05, 0) is 18.2 Å². The van der Waals surface area contributed by atoms with E-state index in [9.17, 15) is 27.1 Å². The summed E-state index contributed by atoms with van der Waals surface area (Å²) in [6.07, 6.45) is -3.98. The van der Waals surface area contributed by atoms with Crippen LogP contribution in [0.5, 0.6) is 5.75 Å². The summed E-state index contributed by atoms with van der Waals surface area (Å²) in [5.74, 6) is -1.23. The quantitative estimate of drug-likeness (QED) is 0.863. The lowest BCUT2D eigenvalue weighted by Gasteiger charge is -2.14. The van der Waals surface area contributed by atoms with Crippen LogP contribution in [0.2, 0.25) is 0 Å². The van der Waals surface area contributed by atoms with Crippen LogP contribution >= 0.6 is 0 Å².